The van der Waals surface area contributed by atoms with Gasteiger partial charge in [-0.2, -0.15) is 0 Å². The zero-order valence-electron chi connectivity index (χ0n) is 7.81. The molecule has 0 fully saturated rings. The topological polar surface area (TPSA) is 62.2 Å². The van der Waals surface area contributed by atoms with Crippen molar-refractivity contribution in [1.82, 2.24) is 5.32 Å². The van der Waals surface area contributed by atoms with E-state index >= 15 is 0 Å². The first-order chi connectivity index (χ1) is 5.45. The Morgan fingerprint density at radius 1 is 1.58 bits per heavy atom. The molecule has 0 aromatic carbocycles. The first-order valence-electron chi connectivity index (χ1n) is 3.91. The van der Waals surface area contributed by atoms with E-state index < -0.39 is 11.7 Å². The van der Waals surface area contributed by atoms with E-state index in [1.165, 1.54) is 6.21 Å². The number of amides is 1. The Labute approximate surface area is 72.8 Å². The van der Waals surface area contributed by atoms with Crippen molar-refractivity contribution in [3.8, 4) is 0 Å². The van der Waals surface area contributed by atoms with E-state index in [9.17, 15) is 4.79 Å². The lowest BCUT2D eigenvalue weighted by molar-refractivity contribution is 0.0529. The number of alkyl carbamates (subject to hydrolysis) is 1. The minimum atomic E-state index is -0.450. The normalized spacial score (nSPS) is 10.6. The summed E-state index contributed by atoms with van der Waals surface area (Å²) in [6, 6.07) is 0. The molecule has 12 heavy (non-hydrogen) atoms. The van der Waals surface area contributed by atoms with Crippen LogP contribution in [0, 0.1) is 5.41 Å². The molecule has 0 aliphatic rings. The summed E-state index contributed by atoms with van der Waals surface area (Å²) in [5.74, 6) is 0. The average Bonchev–Trinajstić information content (AvgIpc) is 1.84. The summed E-state index contributed by atoms with van der Waals surface area (Å²) in [5.41, 5.74) is -0.450. The van der Waals surface area contributed by atoms with Crippen LogP contribution in [0.1, 0.15) is 27.2 Å². The Kier molecular flexibility index (Phi) is 4.33. The second kappa shape index (κ2) is 4.74. The van der Waals surface area contributed by atoms with Gasteiger partial charge in [-0.3, -0.25) is 0 Å². The third-order valence-electron chi connectivity index (χ3n) is 0.957. The highest BCUT2D eigenvalue weighted by molar-refractivity contribution is 5.68. The predicted molar refractivity (Wildman–Crippen MR) is 47.6 cm³/mol. The Balaban J connectivity index is 3.53. The van der Waals surface area contributed by atoms with Crippen LogP contribution in [0.3, 0.4) is 0 Å². The second-order valence-electron chi connectivity index (χ2n) is 3.42. The summed E-state index contributed by atoms with van der Waals surface area (Å²) in [7, 11) is 0. The van der Waals surface area contributed by atoms with E-state index in [0.29, 0.717) is 13.0 Å². The van der Waals surface area contributed by atoms with Crippen LogP contribution < -0.4 is 5.32 Å². The fourth-order valence-electron chi connectivity index (χ4n) is 0.561. The maximum Gasteiger partial charge on any atom is 0.407 e. The van der Waals surface area contributed by atoms with Gasteiger partial charge in [-0.25, -0.2) is 4.79 Å². The highest BCUT2D eigenvalue weighted by Crippen LogP contribution is 2.05. The maximum absolute atomic E-state index is 10.9. The van der Waals surface area contributed by atoms with E-state index in [1.54, 1.807) is 0 Å². The molecule has 0 heterocycles. The lowest BCUT2D eigenvalue weighted by Crippen LogP contribution is -2.33. The molecule has 1 amide bonds. The molecule has 4 heteroatoms. The standard InChI is InChI=1S/C8H16N2O2/c1-8(2,3)12-7(11)10-6-4-5-9/h5,9H,4,6H2,1-3H3,(H,10,11). The Morgan fingerprint density at radius 3 is 2.58 bits per heavy atom. The van der Waals surface area contributed by atoms with E-state index in [4.69, 9.17) is 10.1 Å². The number of ether oxygens (including phenoxy) is 1. The molecule has 0 rings (SSSR count). The third-order valence-corrected chi connectivity index (χ3v) is 0.957. The van der Waals surface area contributed by atoms with Crippen molar-refractivity contribution < 1.29 is 9.53 Å². The van der Waals surface area contributed by atoms with Gasteiger partial charge in [-0.15, -0.1) is 0 Å². The van der Waals surface area contributed by atoms with E-state index in [-0.39, 0.29) is 0 Å². The largest absolute Gasteiger partial charge is 0.444 e. The maximum atomic E-state index is 10.9. The zero-order valence-corrected chi connectivity index (χ0v) is 7.81. The summed E-state index contributed by atoms with van der Waals surface area (Å²) in [5, 5.41) is 9.24. The van der Waals surface area contributed by atoms with Gasteiger partial charge >= 0.3 is 6.09 Å². The monoisotopic (exact) mass is 172 g/mol. The molecule has 0 radical (unpaired) electrons. The van der Waals surface area contributed by atoms with Crippen molar-refractivity contribution >= 4 is 12.3 Å². The lowest BCUT2D eigenvalue weighted by atomic mass is 10.2. The van der Waals surface area contributed by atoms with Crippen LogP contribution >= 0.6 is 0 Å². The van der Waals surface area contributed by atoms with Crippen LogP contribution in [0.15, 0.2) is 0 Å². The van der Waals surface area contributed by atoms with Crippen molar-refractivity contribution in [2.45, 2.75) is 32.8 Å². The molecule has 0 atom stereocenters. The fraction of sp³-hybridized carbons (Fsp3) is 0.750. The molecule has 0 aliphatic carbocycles. The number of hydrogen-bond acceptors (Lipinski definition) is 3. The molecule has 0 saturated heterocycles. The van der Waals surface area contributed by atoms with Crippen molar-refractivity contribution in [3.63, 3.8) is 0 Å². The van der Waals surface area contributed by atoms with Crippen LogP contribution in [0.25, 0.3) is 0 Å². The van der Waals surface area contributed by atoms with Crippen molar-refractivity contribution in [3.05, 3.63) is 0 Å². The third kappa shape index (κ3) is 7.05. The van der Waals surface area contributed by atoms with Gasteiger partial charge in [0.25, 0.3) is 0 Å². The minimum Gasteiger partial charge on any atom is -0.444 e. The molecule has 0 spiro atoms. The van der Waals surface area contributed by atoms with Crippen molar-refractivity contribution in [2.24, 2.45) is 0 Å². The molecule has 0 aliphatic heterocycles. The first-order valence-corrected chi connectivity index (χ1v) is 3.91. The van der Waals surface area contributed by atoms with Gasteiger partial charge in [0.1, 0.15) is 5.60 Å². The lowest BCUT2D eigenvalue weighted by Gasteiger charge is -2.19. The number of carbonyl (C=O) groups excluding carboxylic acids is 1. The quantitative estimate of drug-likeness (QED) is 0.501. The second-order valence-corrected chi connectivity index (χ2v) is 3.42. The molecule has 0 bridgehead atoms. The highest BCUT2D eigenvalue weighted by atomic mass is 16.6. The summed E-state index contributed by atoms with van der Waals surface area (Å²) in [6.45, 7) is 5.88. The first kappa shape index (κ1) is 10.9. The predicted octanol–water partition coefficient (Wildman–Crippen LogP) is 1.55. The SMILES string of the molecule is CC(C)(C)OC(=O)NCCC=N. The molecule has 4 nitrogen and oxygen atoms in total. The van der Waals surface area contributed by atoms with Gasteiger partial charge in [-0.05, 0) is 33.4 Å². The Morgan fingerprint density at radius 2 is 2.17 bits per heavy atom. The molecular weight excluding hydrogens is 156 g/mol. The Hall–Kier alpha value is -1.06. The smallest absolute Gasteiger partial charge is 0.407 e. The molecule has 0 aromatic rings. The van der Waals surface area contributed by atoms with Gasteiger partial charge in [0, 0.05) is 6.54 Å². The number of rotatable bonds is 3. The Bertz CT molecular complexity index is 161. The van der Waals surface area contributed by atoms with Crippen LogP contribution in [-0.4, -0.2) is 24.5 Å². The molecule has 0 aromatic heterocycles. The number of nitrogens with one attached hydrogen (secondary N) is 2. The van der Waals surface area contributed by atoms with E-state index in [0.717, 1.165) is 0 Å². The van der Waals surface area contributed by atoms with Crippen molar-refractivity contribution in [2.75, 3.05) is 6.54 Å². The van der Waals surface area contributed by atoms with Gasteiger partial charge in [0.2, 0.25) is 0 Å². The average molecular weight is 172 g/mol. The van der Waals surface area contributed by atoms with Crippen LogP contribution in [0.2, 0.25) is 0 Å². The summed E-state index contributed by atoms with van der Waals surface area (Å²) >= 11 is 0. The molecule has 70 valence electrons. The van der Waals surface area contributed by atoms with Gasteiger partial charge < -0.3 is 15.5 Å². The summed E-state index contributed by atoms with van der Waals surface area (Å²) in [6.07, 6.45) is 1.36. The van der Waals surface area contributed by atoms with Gasteiger partial charge in [0.15, 0.2) is 0 Å². The van der Waals surface area contributed by atoms with E-state index in [1.807, 2.05) is 20.8 Å². The highest BCUT2D eigenvalue weighted by Gasteiger charge is 2.14. The summed E-state index contributed by atoms with van der Waals surface area (Å²) < 4.78 is 4.96. The number of carbonyl (C=O) groups is 1. The number of hydrogen-bond donors (Lipinski definition) is 2. The van der Waals surface area contributed by atoms with E-state index in [2.05, 4.69) is 5.32 Å². The fourth-order valence-corrected chi connectivity index (χ4v) is 0.561. The summed E-state index contributed by atoms with van der Waals surface area (Å²) in [4.78, 5) is 10.9. The minimum absolute atomic E-state index is 0.427. The van der Waals surface area contributed by atoms with Crippen LogP contribution in [-0.2, 0) is 4.74 Å². The molecule has 0 saturated carbocycles. The zero-order chi connectivity index (χ0) is 9.61. The van der Waals surface area contributed by atoms with Gasteiger partial charge in [0.05, 0.1) is 0 Å². The molecular formula is C8H16N2O2. The molecule has 2 N–H and O–H groups in total. The molecule has 0 unspecified atom stereocenters. The van der Waals surface area contributed by atoms with Gasteiger partial charge in [-0.1, -0.05) is 0 Å². The van der Waals surface area contributed by atoms with Crippen LogP contribution in [0.4, 0.5) is 4.79 Å². The van der Waals surface area contributed by atoms with Crippen molar-refractivity contribution in [1.29, 1.82) is 5.41 Å². The van der Waals surface area contributed by atoms with Crippen LogP contribution in [0.5, 0.6) is 0 Å².